The Morgan fingerprint density at radius 1 is 1.07 bits per heavy atom. The minimum Gasteiger partial charge on any atom is -0.406 e. The van der Waals surface area contributed by atoms with Gasteiger partial charge in [-0.3, -0.25) is 4.79 Å². The van der Waals surface area contributed by atoms with Crippen molar-refractivity contribution in [2.45, 2.75) is 26.6 Å². The van der Waals surface area contributed by atoms with E-state index in [0.717, 1.165) is 17.8 Å². The van der Waals surface area contributed by atoms with Crippen molar-refractivity contribution in [2.24, 2.45) is 0 Å². The number of ether oxygens (including phenoxy) is 1. The zero-order valence-corrected chi connectivity index (χ0v) is 15.5. The van der Waals surface area contributed by atoms with Crippen molar-refractivity contribution in [3.8, 4) is 11.4 Å². The van der Waals surface area contributed by atoms with Gasteiger partial charge >= 0.3 is 6.36 Å². The number of alkyl halides is 3. The van der Waals surface area contributed by atoms with Gasteiger partial charge in [0.2, 0.25) is 5.91 Å². The number of nitrogens with one attached hydrogen (secondary N) is 1. The number of nitrogens with zero attached hydrogens (tertiary/aromatic N) is 2. The number of hydrogen-bond acceptors (Lipinski definition) is 3. The molecular weight excluding hydrogens is 390 g/mol. The maximum Gasteiger partial charge on any atom is 0.573 e. The van der Waals surface area contributed by atoms with E-state index in [2.05, 4.69) is 15.2 Å². The lowest BCUT2D eigenvalue weighted by Crippen LogP contribution is -2.17. The van der Waals surface area contributed by atoms with Gasteiger partial charge < -0.3 is 10.1 Å². The summed E-state index contributed by atoms with van der Waals surface area (Å²) in [6.45, 7) is 3.56. The van der Waals surface area contributed by atoms with Crippen LogP contribution < -0.4 is 10.1 Å². The molecule has 1 heterocycles. The Morgan fingerprint density at radius 3 is 2.28 bits per heavy atom. The van der Waals surface area contributed by atoms with Crippen LogP contribution in [0, 0.1) is 19.7 Å². The number of aromatic nitrogens is 2. The number of carbonyl (C=O) groups excluding carboxylic acids is 1. The molecule has 0 aliphatic rings. The van der Waals surface area contributed by atoms with Gasteiger partial charge in [0, 0.05) is 16.9 Å². The van der Waals surface area contributed by atoms with Gasteiger partial charge in [-0.15, -0.1) is 13.2 Å². The largest absolute Gasteiger partial charge is 0.573 e. The average molecular weight is 407 g/mol. The van der Waals surface area contributed by atoms with Crippen molar-refractivity contribution in [1.82, 2.24) is 9.78 Å². The molecule has 1 amide bonds. The van der Waals surface area contributed by atoms with Gasteiger partial charge in [-0.1, -0.05) is 0 Å². The lowest BCUT2D eigenvalue weighted by Gasteiger charge is -2.10. The fourth-order valence-corrected chi connectivity index (χ4v) is 2.87. The number of hydrogen-bond donors (Lipinski definition) is 1. The van der Waals surface area contributed by atoms with E-state index in [-0.39, 0.29) is 23.9 Å². The number of amides is 1. The molecule has 29 heavy (non-hydrogen) atoms. The molecule has 9 heteroatoms. The molecule has 0 atom stereocenters. The second-order valence-electron chi connectivity index (χ2n) is 6.33. The first-order valence-electron chi connectivity index (χ1n) is 8.59. The molecule has 0 saturated heterocycles. The topological polar surface area (TPSA) is 56.2 Å². The standard InChI is InChI=1S/C20H17F4N3O2/c1-12-18(13(2)27(26-12)16-7-3-14(21)4-8-16)11-19(28)25-15-5-9-17(10-6-15)29-20(22,23)24/h3-10H,11H2,1-2H3,(H,25,28). The summed E-state index contributed by atoms with van der Waals surface area (Å²) in [6, 6.07) is 10.7. The molecule has 0 aliphatic carbocycles. The van der Waals surface area contributed by atoms with Gasteiger partial charge in [-0.2, -0.15) is 5.10 Å². The molecule has 3 rings (SSSR count). The summed E-state index contributed by atoms with van der Waals surface area (Å²) in [5.41, 5.74) is 3.10. The summed E-state index contributed by atoms with van der Waals surface area (Å²) in [5, 5.41) is 7.04. The molecule has 1 N–H and O–H groups in total. The van der Waals surface area contributed by atoms with E-state index >= 15 is 0 Å². The predicted octanol–water partition coefficient (Wildman–Crippen LogP) is 4.71. The van der Waals surface area contributed by atoms with Crippen molar-refractivity contribution in [3.05, 3.63) is 71.3 Å². The fourth-order valence-electron chi connectivity index (χ4n) is 2.87. The number of anilines is 1. The lowest BCUT2D eigenvalue weighted by molar-refractivity contribution is -0.274. The minimum atomic E-state index is -4.77. The van der Waals surface area contributed by atoms with Crippen LogP contribution >= 0.6 is 0 Å². The maximum atomic E-state index is 13.1. The van der Waals surface area contributed by atoms with Crippen LogP contribution in [0.2, 0.25) is 0 Å². The highest BCUT2D eigenvalue weighted by Gasteiger charge is 2.31. The molecule has 152 valence electrons. The van der Waals surface area contributed by atoms with Crippen molar-refractivity contribution >= 4 is 11.6 Å². The fraction of sp³-hybridized carbons (Fsp3) is 0.200. The normalized spacial score (nSPS) is 11.4. The van der Waals surface area contributed by atoms with E-state index in [9.17, 15) is 22.4 Å². The van der Waals surface area contributed by atoms with E-state index in [1.165, 1.54) is 24.3 Å². The summed E-state index contributed by atoms with van der Waals surface area (Å²) in [6.07, 6.45) is -4.75. The van der Waals surface area contributed by atoms with Crippen molar-refractivity contribution < 1.29 is 27.1 Å². The highest BCUT2D eigenvalue weighted by molar-refractivity contribution is 5.92. The second-order valence-corrected chi connectivity index (χ2v) is 6.33. The molecule has 0 bridgehead atoms. The monoisotopic (exact) mass is 407 g/mol. The number of benzene rings is 2. The third-order valence-corrected chi connectivity index (χ3v) is 4.22. The third-order valence-electron chi connectivity index (χ3n) is 4.22. The summed E-state index contributed by atoms with van der Waals surface area (Å²) in [5.74, 6) is -1.08. The van der Waals surface area contributed by atoms with Crippen LogP contribution in [0.4, 0.5) is 23.2 Å². The lowest BCUT2D eigenvalue weighted by atomic mass is 10.1. The molecule has 0 fully saturated rings. The molecule has 1 aromatic heterocycles. The number of halogens is 4. The Morgan fingerprint density at radius 2 is 1.69 bits per heavy atom. The average Bonchev–Trinajstić information content (AvgIpc) is 2.91. The minimum absolute atomic E-state index is 0.0274. The molecule has 0 spiro atoms. The van der Waals surface area contributed by atoms with Crippen LogP contribution in [0.5, 0.6) is 5.75 Å². The van der Waals surface area contributed by atoms with E-state index in [4.69, 9.17) is 0 Å². The number of aryl methyl sites for hydroxylation is 1. The van der Waals surface area contributed by atoms with Crippen LogP contribution in [0.1, 0.15) is 17.0 Å². The Bertz CT molecular complexity index is 1010. The molecule has 0 aliphatic heterocycles. The van der Waals surface area contributed by atoms with Gasteiger partial charge in [0.25, 0.3) is 0 Å². The molecule has 2 aromatic carbocycles. The van der Waals surface area contributed by atoms with Crippen LogP contribution in [-0.2, 0) is 11.2 Å². The first-order chi connectivity index (χ1) is 13.6. The first kappa shape index (κ1) is 20.4. The zero-order valence-electron chi connectivity index (χ0n) is 15.5. The Balaban J connectivity index is 1.70. The maximum absolute atomic E-state index is 13.1. The van der Waals surface area contributed by atoms with E-state index < -0.39 is 6.36 Å². The van der Waals surface area contributed by atoms with E-state index in [0.29, 0.717) is 22.6 Å². The number of carbonyl (C=O) groups is 1. The molecule has 0 radical (unpaired) electrons. The summed E-state index contributed by atoms with van der Waals surface area (Å²) >= 11 is 0. The van der Waals surface area contributed by atoms with Crippen LogP contribution in [-0.4, -0.2) is 22.1 Å². The van der Waals surface area contributed by atoms with Gasteiger partial charge in [0.05, 0.1) is 17.8 Å². The Labute approximate surface area is 163 Å². The van der Waals surface area contributed by atoms with Crippen molar-refractivity contribution in [1.29, 1.82) is 0 Å². The first-order valence-corrected chi connectivity index (χ1v) is 8.59. The summed E-state index contributed by atoms with van der Waals surface area (Å²) < 4.78 is 55.1. The van der Waals surface area contributed by atoms with Crippen LogP contribution in [0.25, 0.3) is 5.69 Å². The molecule has 0 saturated carbocycles. The Kier molecular flexibility index (Phi) is 5.58. The second kappa shape index (κ2) is 7.94. The van der Waals surface area contributed by atoms with Crippen LogP contribution in [0.3, 0.4) is 0 Å². The Hall–Kier alpha value is -3.36. The molecule has 0 unspecified atom stereocenters. The smallest absolute Gasteiger partial charge is 0.406 e. The predicted molar refractivity (Wildman–Crippen MR) is 98.5 cm³/mol. The van der Waals surface area contributed by atoms with Gasteiger partial charge in [-0.05, 0) is 62.4 Å². The molecule has 5 nitrogen and oxygen atoms in total. The third kappa shape index (κ3) is 5.13. The summed E-state index contributed by atoms with van der Waals surface area (Å²) in [4.78, 5) is 12.4. The van der Waals surface area contributed by atoms with Crippen LogP contribution in [0.15, 0.2) is 48.5 Å². The highest BCUT2D eigenvalue weighted by atomic mass is 19.4. The quantitative estimate of drug-likeness (QED) is 0.624. The zero-order chi connectivity index (χ0) is 21.2. The highest BCUT2D eigenvalue weighted by Crippen LogP contribution is 2.24. The van der Waals surface area contributed by atoms with Gasteiger partial charge in [-0.25, -0.2) is 9.07 Å². The number of rotatable bonds is 5. The van der Waals surface area contributed by atoms with Gasteiger partial charge in [0.1, 0.15) is 11.6 Å². The molecule has 3 aromatic rings. The van der Waals surface area contributed by atoms with Crippen molar-refractivity contribution in [3.63, 3.8) is 0 Å². The SMILES string of the molecule is Cc1nn(-c2ccc(F)cc2)c(C)c1CC(=O)Nc1ccc(OC(F)(F)F)cc1. The molecular formula is C20H17F4N3O2. The summed E-state index contributed by atoms with van der Waals surface area (Å²) in [7, 11) is 0. The van der Waals surface area contributed by atoms with Crippen molar-refractivity contribution in [2.75, 3.05) is 5.32 Å². The van der Waals surface area contributed by atoms with E-state index in [1.807, 2.05) is 0 Å². The van der Waals surface area contributed by atoms with Gasteiger partial charge in [0.15, 0.2) is 0 Å². The van der Waals surface area contributed by atoms with E-state index in [1.54, 1.807) is 30.7 Å².